The molecular formula is C12H15ClFNO3S. The Morgan fingerprint density at radius 2 is 2.11 bits per heavy atom. The number of carbonyl (C=O) groups is 1. The van der Waals surface area contributed by atoms with E-state index in [2.05, 4.69) is 5.32 Å². The third kappa shape index (κ3) is 4.47. The maximum Gasteiger partial charge on any atom is 0.261 e. The van der Waals surface area contributed by atoms with Crippen LogP contribution >= 0.6 is 10.7 Å². The molecule has 0 radical (unpaired) electrons. The van der Waals surface area contributed by atoms with E-state index in [1.165, 1.54) is 6.07 Å². The quantitative estimate of drug-likeness (QED) is 0.850. The van der Waals surface area contributed by atoms with Crippen molar-refractivity contribution in [2.24, 2.45) is 5.92 Å². The first kappa shape index (κ1) is 15.9. The predicted molar refractivity (Wildman–Crippen MR) is 72.1 cm³/mol. The van der Waals surface area contributed by atoms with Gasteiger partial charge in [0.05, 0.1) is 10.6 Å². The summed E-state index contributed by atoms with van der Waals surface area (Å²) in [5.74, 6) is -1.37. The highest BCUT2D eigenvalue weighted by Gasteiger charge is 2.16. The van der Waals surface area contributed by atoms with E-state index in [4.69, 9.17) is 10.7 Å². The van der Waals surface area contributed by atoms with Crippen molar-refractivity contribution in [2.75, 3.05) is 5.32 Å². The van der Waals surface area contributed by atoms with Gasteiger partial charge in [0.15, 0.2) is 0 Å². The summed E-state index contributed by atoms with van der Waals surface area (Å²) in [6.45, 7) is 3.69. The molecule has 0 bridgehead atoms. The molecule has 1 N–H and O–H groups in total. The zero-order valence-electron chi connectivity index (χ0n) is 10.6. The van der Waals surface area contributed by atoms with Gasteiger partial charge in [0, 0.05) is 16.6 Å². The van der Waals surface area contributed by atoms with Crippen molar-refractivity contribution in [1.82, 2.24) is 0 Å². The minimum atomic E-state index is -3.98. The van der Waals surface area contributed by atoms with Crippen LogP contribution in [-0.2, 0) is 13.8 Å². The highest BCUT2D eigenvalue weighted by Crippen LogP contribution is 2.22. The van der Waals surface area contributed by atoms with Gasteiger partial charge in [0.25, 0.3) is 9.05 Å². The molecule has 4 nitrogen and oxygen atoms in total. The molecule has 7 heteroatoms. The van der Waals surface area contributed by atoms with Crippen LogP contribution in [-0.4, -0.2) is 14.3 Å². The second kappa shape index (κ2) is 6.34. The van der Waals surface area contributed by atoms with E-state index in [-0.39, 0.29) is 22.4 Å². The third-order valence-electron chi connectivity index (χ3n) is 2.65. The molecule has 0 saturated heterocycles. The Labute approximate surface area is 116 Å². The maximum absolute atomic E-state index is 13.7. The normalized spacial score (nSPS) is 13.1. The first-order chi connectivity index (χ1) is 8.75. The topological polar surface area (TPSA) is 63.2 Å². The molecule has 0 spiro atoms. The van der Waals surface area contributed by atoms with Gasteiger partial charge in [-0.15, -0.1) is 0 Å². The molecule has 0 fully saturated rings. The molecule has 106 valence electrons. The van der Waals surface area contributed by atoms with Gasteiger partial charge in [-0.3, -0.25) is 4.79 Å². The summed E-state index contributed by atoms with van der Waals surface area (Å²) >= 11 is 0. The lowest BCUT2D eigenvalue weighted by Gasteiger charge is -2.12. The van der Waals surface area contributed by atoms with Gasteiger partial charge < -0.3 is 5.32 Å². The number of nitrogens with one attached hydrogen (secondary N) is 1. The van der Waals surface area contributed by atoms with Crippen LogP contribution in [0.1, 0.15) is 26.7 Å². The number of benzene rings is 1. The van der Waals surface area contributed by atoms with E-state index in [0.29, 0.717) is 6.42 Å². The third-order valence-corrected chi connectivity index (χ3v) is 4.00. The van der Waals surface area contributed by atoms with E-state index < -0.39 is 14.9 Å². The van der Waals surface area contributed by atoms with Crippen molar-refractivity contribution >= 4 is 31.3 Å². The maximum atomic E-state index is 13.7. The van der Waals surface area contributed by atoms with E-state index in [1.54, 1.807) is 6.92 Å². The zero-order valence-corrected chi connectivity index (χ0v) is 12.2. The van der Waals surface area contributed by atoms with Crippen LogP contribution in [0, 0.1) is 11.7 Å². The van der Waals surface area contributed by atoms with Crippen LogP contribution < -0.4 is 5.32 Å². The first-order valence-electron chi connectivity index (χ1n) is 5.80. The van der Waals surface area contributed by atoms with Crippen molar-refractivity contribution in [3.8, 4) is 0 Å². The fourth-order valence-corrected chi connectivity index (χ4v) is 2.33. The summed E-state index contributed by atoms with van der Waals surface area (Å²) in [6, 6.07) is 3.11. The Morgan fingerprint density at radius 1 is 1.47 bits per heavy atom. The average Bonchev–Trinajstić information content (AvgIpc) is 2.30. The lowest BCUT2D eigenvalue weighted by Crippen LogP contribution is -2.20. The van der Waals surface area contributed by atoms with Gasteiger partial charge in [-0.2, -0.15) is 0 Å². The monoisotopic (exact) mass is 307 g/mol. The van der Waals surface area contributed by atoms with E-state index in [9.17, 15) is 17.6 Å². The molecule has 0 saturated carbocycles. The second-order valence-corrected chi connectivity index (χ2v) is 6.82. The highest BCUT2D eigenvalue weighted by atomic mass is 35.7. The number of hydrogen-bond donors (Lipinski definition) is 1. The Kier molecular flexibility index (Phi) is 5.31. The van der Waals surface area contributed by atoms with Gasteiger partial charge in [0.2, 0.25) is 5.91 Å². The van der Waals surface area contributed by atoms with Gasteiger partial charge in [-0.05, 0) is 24.6 Å². The highest BCUT2D eigenvalue weighted by molar-refractivity contribution is 8.13. The molecule has 0 aliphatic rings. The fraction of sp³-hybridized carbons (Fsp3) is 0.417. The number of hydrogen-bond acceptors (Lipinski definition) is 3. The molecule has 1 aromatic rings. The van der Waals surface area contributed by atoms with E-state index in [0.717, 1.165) is 18.6 Å². The lowest BCUT2D eigenvalue weighted by molar-refractivity contribution is -0.119. The number of amides is 1. The predicted octanol–water partition coefficient (Wildman–Crippen LogP) is 3.13. The largest absolute Gasteiger partial charge is 0.323 e. The SMILES string of the molecule is CCCC(C)C(=O)Nc1ccc(S(=O)(=O)Cl)cc1F. The molecular weight excluding hydrogens is 293 g/mol. The molecule has 0 aliphatic heterocycles. The van der Waals surface area contributed by atoms with Crippen molar-refractivity contribution in [3.63, 3.8) is 0 Å². The van der Waals surface area contributed by atoms with Gasteiger partial charge in [-0.1, -0.05) is 20.3 Å². The number of rotatable bonds is 5. The molecule has 1 aromatic carbocycles. The minimum Gasteiger partial charge on any atom is -0.323 e. The van der Waals surface area contributed by atoms with Gasteiger partial charge in [-0.25, -0.2) is 12.8 Å². The van der Waals surface area contributed by atoms with Crippen LogP contribution in [0.15, 0.2) is 23.1 Å². The van der Waals surface area contributed by atoms with Crippen molar-refractivity contribution in [2.45, 2.75) is 31.6 Å². The Hall–Kier alpha value is -1.14. The molecule has 1 unspecified atom stereocenters. The van der Waals surface area contributed by atoms with Gasteiger partial charge >= 0.3 is 0 Å². The smallest absolute Gasteiger partial charge is 0.261 e. The second-order valence-electron chi connectivity index (χ2n) is 4.26. The number of halogens is 2. The minimum absolute atomic E-state index is 0.0583. The molecule has 19 heavy (non-hydrogen) atoms. The Morgan fingerprint density at radius 3 is 2.58 bits per heavy atom. The summed E-state index contributed by atoms with van der Waals surface area (Å²) in [7, 11) is 1.12. The summed E-state index contributed by atoms with van der Waals surface area (Å²) in [4.78, 5) is 11.4. The van der Waals surface area contributed by atoms with Crippen LogP contribution in [0.25, 0.3) is 0 Å². The Balaban J connectivity index is 2.90. The van der Waals surface area contributed by atoms with E-state index in [1.807, 2.05) is 6.92 Å². The molecule has 0 aromatic heterocycles. The molecule has 0 heterocycles. The number of anilines is 1. The summed E-state index contributed by atoms with van der Waals surface area (Å²) in [5.41, 5.74) is -0.0583. The van der Waals surface area contributed by atoms with Gasteiger partial charge in [0.1, 0.15) is 5.82 Å². The van der Waals surface area contributed by atoms with Crippen LogP contribution in [0.5, 0.6) is 0 Å². The molecule has 1 rings (SSSR count). The molecule has 1 amide bonds. The fourth-order valence-electron chi connectivity index (χ4n) is 1.57. The molecule has 1 atom stereocenters. The van der Waals surface area contributed by atoms with Crippen LogP contribution in [0.4, 0.5) is 10.1 Å². The summed E-state index contributed by atoms with van der Waals surface area (Å²) in [5, 5.41) is 2.42. The lowest BCUT2D eigenvalue weighted by atomic mass is 10.1. The number of carbonyl (C=O) groups excluding carboxylic acids is 1. The van der Waals surface area contributed by atoms with Crippen molar-refractivity contribution in [3.05, 3.63) is 24.0 Å². The standard InChI is InChI=1S/C12H15ClFNO3S/c1-3-4-8(2)12(16)15-11-6-5-9(7-10(11)14)19(13,17)18/h5-8H,3-4H2,1-2H3,(H,15,16). The zero-order chi connectivity index (χ0) is 14.6. The van der Waals surface area contributed by atoms with Crippen LogP contribution in [0.3, 0.4) is 0 Å². The Bertz CT molecular complexity index is 574. The molecule has 0 aliphatic carbocycles. The van der Waals surface area contributed by atoms with Crippen molar-refractivity contribution < 1.29 is 17.6 Å². The average molecular weight is 308 g/mol. The van der Waals surface area contributed by atoms with Crippen LogP contribution in [0.2, 0.25) is 0 Å². The first-order valence-corrected chi connectivity index (χ1v) is 8.11. The van der Waals surface area contributed by atoms with Crippen molar-refractivity contribution in [1.29, 1.82) is 0 Å². The van der Waals surface area contributed by atoms with E-state index >= 15 is 0 Å². The summed E-state index contributed by atoms with van der Waals surface area (Å²) < 4.78 is 35.7. The summed E-state index contributed by atoms with van der Waals surface area (Å²) in [6.07, 6.45) is 1.54.